The third-order valence-corrected chi connectivity index (χ3v) is 4.61. The highest BCUT2D eigenvalue weighted by atomic mass is 16.5. The Morgan fingerprint density at radius 2 is 1.77 bits per heavy atom. The van der Waals surface area contributed by atoms with Crippen LogP contribution in [0.2, 0.25) is 0 Å². The lowest BCUT2D eigenvalue weighted by Gasteiger charge is -2.29. The molecule has 0 unspecified atom stereocenters. The molecule has 0 saturated heterocycles. The van der Waals surface area contributed by atoms with Crippen LogP contribution in [-0.2, 0) is 16.1 Å². The van der Waals surface area contributed by atoms with Gasteiger partial charge in [-0.05, 0) is 18.4 Å². The lowest BCUT2D eigenvalue weighted by Crippen LogP contribution is -2.59. The van der Waals surface area contributed by atoms with Gasteiger partial charge >= 0.3 is 6.03 Å². The number of hydrogen-bond acceptors (Lipinski definition) is 4. The monoisotopic (exact) mass is 362 g/mol. The van der Waals surface area contributed by atoms with Crippen LogP contribution in [0, 0.1) is 0 Å². The fourth-order valence-electron chi connectivity index (χ4n) is 3.16. The van der Waals surface area contributed by atoms with Crippen LogP contribution in [0.25, 0.3) is 0 Å². The normalized spacial score (nSPS) is 15.4. The van der Waals surface area contributed by atoms with E-state index in [1.165, 1.54) is 0 Å². The summed E-state index contributed by atoms with van der Waals surface area (Å²) in [7, 11) is 1.65. The molecule has 1 fully saturated rings. The van der Waals surface area contributed by atoms with Crippen molar-refractivity contribution in [3.63, 3.8) is 0 Å². The van der Waals surface area contributed by atoms with Gasteiger partial charge in [0.05, 0.1) is 6.61 Å². The molecular weight excluding hydrogens is 332 g/mol. The van der Waals surface area contributed by atoms with E-state index < -0.39 is 5.54 Å². The largest absolute Gasteiger partial charge is 0.383 e. The van der Waals surface area contributed by atoms with Crippen LogP contribution in [0.5, 0.6) is 0 Å². The summed E-state index contributed by atoms with van der Waals surface area (Å²) in [6.07, 6.45) is 3.24. The molecule has 0 aliphatic heterocycles. The standard InChI is InChI=1S/C19H30N4O3/c1-26-14-13-20-11-12-21-17(24)19(9-5-6-10-19)23-18(25)22-15-16-7-3-2-4-8-16/h2-4,7-8,20H,5-6,9-15H2,1H3,(H,21,24)(H2,22,23,25). The zero-order chi connectivity index (χ0) is 18.7. The second-order valence-electron chi connectivity index (χ2n) is 6.58. The van der Waals surface area contributed by atoms with E-state index in [9.17, 15) is 9.59 Å². The van der Waals surface area contributed by atoms with Gasteiger partial charge in [-0.1, -0.05) is 43.2 Å². The van der Waals surface area contributed by atoms with Crippen molar-refractivity contribution in [1.82, 2.24) is 21.3 Å². The molecule has 1 saturated carbocycles. The van der Waals surface area contributed by atoms with Crippen LogP contribution in [0.15, 0.2) is 30.3 Å². The molecule has 0 spiro atoms. The number of carbonyl (C=O) groups is 2. The summed E-state index contributed by atoms with van der Waals surface area (Å²) in [5.41, 5.74) is 0.225. The highest BCUT2D eigenvalue weighted by Gasteiger charge is 2.42. The number of rotatable bonds is 10. The lowest BCUT2D eigenvalue weighted by molar-refractivity contribution is -0.127. The van der Waals surface area contributed by atoms with Gasteiger partial charge < -0.3 is 26.0 Å². The third-order valence-electron chi connectivity index (χ3n) is 4.61. The Bertz CT molecular complexity index is 559. The highest BCUT2D eigenvalue weighted by molar-refractivity contribution is 5.91. The molecule has 3 amide bonds. The molecule has 1 aliphatic rings. The predicted octanol–water partition coefficient (Wildman–Crippen LogP) is 1.15. The summed E-state index contributed by atoms with van der Waals surface area (Å²) in [5, 5.41) is 11.9. The average Bonchev–Trinajstić information content (AvgIpc) is 3.13. The Morgan fingerprint density at radius 3 is 2.46 bits per heavy atom. The van der Waals surface area contributed by atoms with Gasteiger partial charge in [0.25, 0.3) is 0 Å². The van der Waals surface area contributed by atoms with E-state index in [-0.39, 0.29) is 11.9 Å². The first-order valence-corrected chi connectivity index (χ1v) is 9.24. The molecule has 1 aromatic rings. The van der Waals surface area contributed by atoms with Gasteiger partial charge in [-0.25, -0.2) is 4.79 Å². The van der Waals surface area contributed by atoms with Gasteiger partial charge in [0.2, 0.25) is 5.91 Å². The maximum atomic E-state index is 12.7. The Morgan fingerprint density at radius 1 is 1.04 bits per heavy atom. The van der Waals surface area contributed by atoms with Crippen molar-refractivity contribution in [3.05, 3.63) is 35.9 Å². The third kappa shape index (κ3) is 6.31. The molecule has 0 atom stereocenters. The van der Waals surface area contributed by atoms with E-state index in [1.807, 2.05) is 30.3 Å². The zero-order valence-electron chi connectivity index (χ0n) is 15.5. The van der Waals surface area contributed by atoms with Gasteiger partial charge in [0.1, 0.15) is 5.54 Å². The molecule has 0 heterocycles. The molecule has 0 radical (unpaired) electrons. The summed E-state index contributed by atoms with van der Waals surface area (Å²) in [5.74, 6) is -0.0987. The molecule has 0 bridgehead atoms. The molecule has 7 nitrogen and oxygen atoms in total. The first kappa shape index (κ1) is 20.2. The summed E-state index contributed by atoms with van der Waals surface area (Å²) < 4.78 is 4.96. The number of ether oxygens (including phenoxy) is 1. The summed E-state index contributed by atoms with van der Waals surface area (Å²) in [6, 6.07) is 9.40. The van der Waals surface area contributed by atoms with Crippen molar-refractivity contribution in [2.24, 2.45) is 0 Å². The number of nitrogens with one attached hydrogen (secondary N) is 4. The van der Waals surface area contributed by atoms with Crippen LogP contribution in [-0.4, -0.2) is 50.8 Å². The second kappa shape index (κ2) is 10.8. The van der Waals surface area contributed by atoms with E-state index in [0.29, 0.717) is 39.1 Å². The molecule has 4 N–H and O–H groups in total. The van der Waals surface area contributed by atoms with Gasteiger partial charge in [-0.3, -0.25) is 4.79 Å². The zero-order valence-corrected chi connectivity index (χ0v) is 15.5. The summed E-state index contributed by atoms with van der Waals surface area (Å²) in [6.45, 7) is 3.02. The minimum atomic E-state index is -0.798. The van der Waals surface area contributed by atoms with Crippen molar-refractivity contribution in [2.45, 2.75) is 37.8 Å². The van der Waals surface area contributed by atoms with E-state index in [4.69, 9.17) is 4.74 Å². The number of carbonyl (C=O) groups excluding carboxylic acids is 2. The molecule has 1 aliphatic carbocycles. The minimum Gasteiger partial charge on any atom is -0.383 e. The SMILES string of the molecule is COCCNCCNC(=O)C1(NC(=O)NCc2ccccc2)CCCC1. The van der Waals surface area contributed by atoms with E-state index in [0.717, 1.165) is 24.9 Å². The van der Waals surface area contributed by atoms with Crippen molar-refractivity contribution < 1.29 is 14.3 Å². The highest BCUT2D eigenvalue weighted by Crippen LogP contribution is 2.29. The van der Waals surface area contributed by atoms with Gasteiger partial charge in [-0.15, -0.1) is 0 Å². The first-order chi connectivity index (χ1) is 12.7. The Balaban J connectivity index is 1.78. The lowest BCUT2D eigenvalue weighted by atomic mass is 9.96. The summed E-state index contributed by atoms with van der Waals surface area (Å²) in [4.78, 5) is 25.0. The van der Waals surface area contributed by atoms with Crippen molar-refractivity contribution in [2.75, 3.05) is 33.4 Å². The van der Waals surface area contributed by atoms with Gasteiger partial charge in [-0.2, -0.15) is 0 Å². The Kier molecular flexibility index (Phi) is 8.37. The smallest absolute Gasteiger partial charge is 0.315 e. The Hall–Kier alpha value is -2.12. The number of benzene rings is 1. The number of hydrogen-bond donors (Lipinski definition) is 4. The van der Waals surface area contributed by atoms with Gasteiger partial charge in [0.15, 0.2) is 0 Å². The van der Waals surface area contributed by atoms with Crippen molar-refractivity contribution in [3.8, 4) is 0 Å². The minimum absolute atomic E-state index is 0.0987. The maximum absolute atomic E-state index is 12.7. The Labute approximate surface area is 155 Å². The first-order valence-electron chi connectivity index (χ1n) is 9.24. The fourth-order valence-corrected chi connectivity index (χ4v) is 3.16. The maximum Gasteiger partial charge on any atom is 0.315 e. The fraction of sp³-hybridized carbons (Fsp3) is 0.579. The van der Waals surface area contributed by atoms with Crippen LogP contribution < -0.4 is 21.3 Å². The molecule has 26 heavy (non-hydrogen) atoms. The molecule has 7 heteroatoms. The predicted molar refractivity (Wildman–Crippen MR) is 101 cm³/mol. The van der Waals surface area contributed by atoms with Crippen LogP contribution >= 0.6 is 0 Å². The molecule has 1 aromatic carbocycles. The number of methoxy groups -OCH3 is 1. The van der Waals surface area contributed by atoms with E-state index in [1.54, 1.807) is 7.11 Å². The summed E-state index contributed by atoms with van der Waals surface area (Å²) >= 11 is 0. The molecule has 2 rings (SSSR count). The average molecular weight is 362 g/mol. The van der Waals surface area contributed by atoms with Crippen LogP contribution in [0.4, 0.5) is 4.79 Å². The molecular formula is C19H30N4O3. The molecule has 144 valence electrons. The van der Waals surface area contributed by atoms with Crippen LogP contribution in [0.1, 0.15) is 31.2 Å². The quantitative estimate of drug-likeness (QED) is 0.470. The number of urea groups is 1. The van der Waals surface area contributed by atoms with Gasteiger partial charge in [0, 0.05) is 33.3 Å². The number of amides is 3. The van der Waals surface area contributed by atoms with Crippen molar-refractivity contribution >= 4 is 11.9 Å². The van der Waals surface area contributed by atoms with Crippen LogP contribution in [0.3, 0.4) is 0 Å². The van der Waals surface area contributed by atoms with E-state index in [2.05, 4.69) is 21.3 Å². The molecule has 0 aromatic heterocycles. The topological polar surface area (TPSA) is 91.5 Å². The second-order valence-corrected chi connectivity index (χ2v) is 6.58. The van der Waals surface area contributed by atoms with E-state index >= 15 is 0 Å². The van der Waals surface area contributed by atoms with Crippen molar-refractivity contribution in [1.29, 1.82) is 0 Å².